The summed E-state index contributed by atoms with van der Waals surface area (Å²) in [7, 11) is 0. The van der Waals surface area contributed by atoms with Gasteiger partial charge in [0.25, 0.3) is 0 Å². The summed E-state index contributed by atoms with van der Waals surface area (Å²) in [5.74, 6) is -1.67. The van der Waals surface area contributed by atoms with Crippen molar-refractivity contribution >= 4 is 23.0 Å². The number of carboxylic acids is 1. The summed E-state index contributed by atoms with van der Waals surface area (Å²) in [5, 5.41) is 8.85. The van der Waals surface area contributed by atoms with Crippen molar-refractivity contribution in [3.05, 3.63) is 29.7 Å². The molecule has 0 radical (unpaired) electrons. The number of benzene rings is 1. The first kappa shape index (κ1) is 13.1. The number of carbonyl (C=O) groups is 2. The second-order valence-corrected chi connectivity index (χ2v) is 4.50. The third-order valence-electron chi connectivity index (χ3n) is 2.36. The lowest BCUT2D eigenvalue weighted by Crippen LogP contribution is -2.10. The van der Waals surface area contributed by atoms with E-state index in [-0.39, 0.29) is 29.6 Å². The van der Waals surface area contributed by atoms with E-state index in [9.17, 15) is 9.59 Å². The summed E-state index contributed by atoms with van der Waals surface area (Å²) in [6.45, 7) is 4.11. The number of esters is 1. The lowest BCUT2D eigenvalue weighted by molar-refractivity contribution is 0.0416. The largest absolute Gasteiger partial charge is 0.478 e. The van der Waals surface area contributed by atoms with E-state index in [1.165, 1.54) is 18.2 Å². The smallest absolute Gasteiger partial charge is 0.394 e. The molecule has 6 heteroatoms. The Balaban J connectivity index is 2.26. The number of aromatic nitrogens is 1. The number of carbonyl (C=O) groups excluding carboxylic acids is 1. The summed E-state index contributed by atoms with van der Waals surface area (Å²) >= 11 is 0. The molecule has 0 amide bonds. The molecule has 1 N–H and O–H groups in total. The van der Waals surface area contributed by atoms with Crippen LogP contribution in [0, 0.1) is 5.92 Å². The summed E-state index contributed by atoms with van der Waals surface area (Å²) in [5.41, 5.74) is 0.739. The molecule has 6 nitrogen and oxygen atoms in total. The maximum absolute atomic E-state index is 11.6. The molecule has 1 heterocycles. The van der Waals surface area contributed by atoms with Crippen molar-refractivity contribution in [3.63, 3.8) is 0 Å². The first-order chi connectivity index (χ1) is 8.97. The number of carboxylic acid groups (broad SMARTS) is 1. The Morgan fingerprint density at radius 2 is 2.16 bits per heavy atom. The minimum atomic E-state index is -1.07. The molecule has 0 aliphatic rings. The van der Waals surface area contributed by atoms with Crippen molar-refractivity contribution < 1.29 is 23.8 Å². The van der Waals surface area contributed by atoms with Gasteiger partial charge in [0.1, 0.15) is 5.52 Å². The average molecular weight is 263 g/mol. The zero-order valence-electron chi connectivity index (χ0n) is 10.5. The Kier molecular flexibility index (Phi) is 3.50. The minimum Gasteiger partial charge on any atom is -0.478 e. The Morgan fingerprint density at radius 3 is 2.79 bits per heavy atom. The quantitative estimate of drug-likeness (QED) is 0.851. The minimum absolute atomic E-state index is 0.0748. The van der Waals surface area contributed by atoms with Crippen LogP contribution in [-0.2, 0) is 4.74 Å². The Bertz CT molecular complexity index is 629. The summed E-state index contributed by atoms with van der Waals surface area (Å²) < 4.78 is 10.2. The molecule has 1 aromatic carbocycles. The van der Waals surface area contributed by atoms with Crippen LogP contribution in [0.2, 0.25) is 0 Å². The van der Waals surface area contributed by atoms with E-state index < -0.39 is 11.9 Å². The van der Waals surface area contributed by atoms with Gasteiger partial charge in [-0.2, -0.15) is 0 Å². The van der Waals surface area contributed by atoms with Crippen molar-refractivity contribution in [3.8, 4) is 0 Å². The maximum Gasteiger partial charge on any atom is 0.394 e. The summed E-state index contributed by atoms with van der Waals surface area (Å²) in [6, 6.07) is 4.21. The number of aromatic carboxylic acids is 1. The van der Waals surface area contributed by atoms with Gasteiger partial charge in [-0.05, 0) is 24.1 Å². The van der Waals surface area contributed by atoms with Gasteiger partial charge in [0, 0.05) is 0 Å². The monoisotopic (exact) mass is 263 g/mol. The van der Waals surface area contributed by atoms with Crippen LogP contribution >= 0.6 is 0 Å². The molecule has 0 unspecified atom stereocenters. The standard InChI is InChI=1S/C13H13NO5/c1-7(2)6-18-13(17)11-14-9-4-3-8(12(15)16)5-10(9)19-11/h3-5,7H,6H2,1-2H3,(H,15,16). The van der Waals surface area contributed by atoms with Gasteiger partial charge in [-0.3, -0.25) is 0 Å². The van der Waals surface area contributed by atoms with Crippen LogP contribution in [0.25, 0.3) is 11.1 Å². The Labute approximate surface area is 109 Å². The second-order valence-electron chi connectivity index (χ2n) is 4.50. The van der Waals surface area contributed by atoms with E-state index in [1.54, 1.807) is 0 Å². The summed E-state index contributed by atoms with van der Waals surface area (Å²) in [4.78, 5) is 26.4. The molecule has 0 aliphatic heterocycles. The SMILES string of the molecule is CC(C)COC(=O)c1nc2ccc(C(=O)O)cc2o1. The fourth-order valence-corrected chi connectivity index (χ4v) is 1.45. The van der Waals surface area contributed by atoms with Gasteiger partial charge in [0.05, 0.1) is 12.2 Å². The molecule has 0 aliphatic carbocycles. The van der Waals surface area contributed by atoms with Gasteiger partial charge in [-0.1, -0.05) is 13.8 Å². The first-order valence-corrected chi connectivity index (χ1v) is 5.78. The van der Waals surface area contributed by atoms with Gasteiger partial charge in [-0.25, -0.2) is 14.6 Å². The van der Waals surface area contributed by atoms with Gasteiger partial charge in [0.2, 0.25) is 0 Å². The molecule has 1 aromatic heterocycles. The topological polar surface area (TPSA) is 89.6 Å². The highest BCUT2D eigenvalue weighted by molar-refractivity contribution is 5.93. The molecule has 0 spiro atoms. The van der Waals surface area contributed by atoms with E-state index in [1.807, 2.05) is 13.8 Å². The van der Waals surface area contributed by atoms with Crippen molar-refractivity contribution in [2.75, 3.05) is 6.61 Å². The Morgan fingerprint density at radius 1 is 1.42 bits per heavy atom. The summed E-state index contributed by atoms with van der Waals surface area (Å²) in [6.07, 6.45) is 0. The van der Waals surface area contributed by atoms with Crippen molar-refractivity contribution in [2.45, 2.75) is 13.8 Å². The zero-order chi connectivity index (χ0) is 14.0. The van der Waals surface area contributed by atoms with Crippen LogP contribution in [0.3, 0.4) is 0 Å². The zero-order valence-corrected chi connectivity index (χ0v) is 10.5. The van der Waals surface area contributed by atoms with Gasteiger partial charge >= 0.3 is 17.8 Å². The molecule has 0 saturated heterocycles. The van der Waals surface area contributed by atoms with Crippen LogP contribution in [0.5, 0.6) is 0 Å². The van der Waals surface area contributed by atoms with Crippen molar-refractivity contribution in [2.24, 2.45) is 5.92 Å². The molecule has 19 heavy (non-hydrogen) atoms. The van der Waals surface area contributed by atoms with Crippen LogP contribution in [-0.4, -0.2) is 28.6 Å². The van der Waals surface area contributed by atoms with Crippen LogP contribution in [0.4, 0.5) is 0 Å². The van der Waals surface area contributed by atoms with Crippen molar-refractivity contribution in [1.82, 2.24) is 4.98 Å². The van der Waals surface area contributed by atoms with E-state index in [0.29, 0.717) is 5.52 Å². The number of hydrogen-bond acceptors (Lipinski definition) is 5. The number of rotatable bonds is 4. The van der Waals surface area contributed by atoms with Gasteiger partial charge in [-0.15, -0.1) is 0 Å². The highest BCUT2D eigenvalue weighted by atomic mass is 16.5. The third-order valence-corrected chi connectivity index (χ3v) is 2.36. The van der Waals surface area contributed by atoms with Gasteiger partial charge in [0.15, 0.2) is 5.58 Å². The van der Waals surface area contributed by atoms with E-state index >= 15 is 0 Å². The lowest BCUT2D eigenvalue weighted by Gasteiger charge is -2.03. The number of fused-ring (bicyclic) bond motifs is 1. The normalized spacial score (nSPS) is 10.9. The molecule has 0 fully saturated rings. The molecular weight excluding hydrogens is 250 g/mol. The van der Waals surface area contributed by atoms with Crippen LogP contribution in [0.1, 0.15) is 34.9 Å². The number of hydrogen-bond donors (Lipinski definition) is 1. The lowest BCUT2D eigenvalue weighted by atomic mass is 10.2. The fourth-order valence-electron chi connectivity index (χ4n) is 1.45. The highest BCUT2D eigenvalue weighted by Crippen LogP contribution is 2.18. The Hall–Kier alpha value is -2.37. The van der Waals surface area contributed by atoms with Gasteiger partial charge < -0.3 is 14.3 Å². The van der Waals surface area contributed by atoms with Crippen LogP contribution < -0.4 is 0 Å². The number of nitrogens with zero attached hydrogens (tertiary/aromatic N) is 1. The second kappa shape index (κ2) is 5.09. The molecule has 100 valence electrons. The third kappa shape index (κ3) is 2.90. The van der Waals surface area contributed by atoms with E-state index in [4.69, 9.17) is 14.3 Å². The predicted molar refractivity (Wildman–Crippen MR) is 66.1 cm³/mol. The molecule has 0 saturated carbocycles. The highest BCUT2D eigenvalue weighted by Gasteiger charge is 2.17. The number of ether oxygens (including phenoxy) is 1. The number of oxazole rings is 1. The first-order valence-electron chi connectivity index (χ1n) is 5.78. The maximum atomic E-state index is 11.6. The molecule has 2 rings (SSSR count). The van der Waals surface area contributed by atoms with Crippen molar-refractivity contribution in [1.29, 1.82) is 0 Å². The molecule has 2 aromatic rings. The molecule has 0 bridgehead atoms. The average Bonchev–Trinajstić information content (AvgIpc) is 2.78. The predicted octanol–water partition coefficient (Wildman–Crippen LogP) is 2.34. The molecule has 0 atom stereocenters. The molecular formula is C13H13NO5. The fraction of sp³-hybridized carbons (Fsp3) is 0.308. The van der Waals surface area contributed by atoms with Crippen LogP contribution in [0.15, 0.2) is 22.6 Å². The van der Waals surface area contributed by atoms with E-state index in [2.05, 4.69) is 4.98 Å². The van der Waals surface area contributed by atoms with E-state index in [0.717, 1.165) is 0 Å².